The van der Waals surface area contributed by atoms with Crippen molar-refractivity contribution in [2.24, 2.45) is 5.92 Å². The van der Waals surface area contributed by atoms with Gasteiger partial charge in [0.05, 0.1) is 11.8 Å². The molecule has 0 unspecified atom stereocenters. The summed E-state index contributed by atoms with van der Waals surface area (Å²) in [5.74, 6) is 0.706. The van der Waals surface area contributed by atoms with Crippen LogP contribution in [-0.4, -0.2) is 22.7 Å². The topological polar surface area (TPSA) is 45.1 Å². The summed E-state index contributed by atoms with van der Waals surface area (Å²) in [6, 6.07) is 0. The quantitative estimate of drug-likeness (QED) is 0.832. The van der Waals surface area contributed by atoms with Gasteiger partial charge in [-0.15, -0.1) is 11.3 Å². The molecule has 1 saturated carbocycles. The summed E-state index contributed by atoms with van der Waals surface area (Å²) >= 11 is 1.67. The number of aliphatic hydroxyl groups excluding tert-OH is 1. The van der Waals surface area contributed by atoms with Crippen LogP contribution in [0.2, 0.25) is 0 Å². The molecule has 2 rings (SSSR count). The van der Waals surface area contributed by atoms with E-state index in [-0.39, 0.29) is 6.10 Å². The van der Waals surface area contributed by atoms with E-state index in [4.69, 9.17) is 0 Å². The van der Waals surface area contributed by atoms with Crippen LogP contribution >= 0.6 is 11.3 Å². The third-order valence-electron chi connectivity index (χ3n) is 2.98. The van der Waals surface area contributed by atoms with Gasteiger partial charge in [-0.1, -0.05) is 0 Å². The minimum absolute atomic E-state index is 0.0524. The van der Waals surface area contributed by atoms with Gasteiger partial charge in [0.25, 0.3) is 0 Å². The zero-order valence-electron chi connectivity index (χ0n) is 9.07. The molecule has 2 N–H and O–H groups in total. The Kier molecular flexibility index (Phi) is 3.59. The Hall–Kier alpha value is -0.610. The van der Waals surface area contributed by atoms with Gasteiger partial charge in [-0.05, 0) is 38.5 Å². The Morgan fingerprint density at radius 1 is 1.47 bits per heavy atom. The molecule has 0 saturated heterocycles. The van der Waals surface area contributed by atoms with Crippen LogP contribution < -0.4 is 5.32 Å². The largest absolute Gasteiger partial charge is 0.393 e. The highest BCUT2D eigenvalue weighted by Gasteiger charge is 2.19. The third-order valence-corrected chi connectivity index (χ3v) is 3.90. The zero-order valence-corrected chi connectivity index (χ0v) is 9.89. The van der Waals surface area contributed by atoms with E-state index in [1.54, 1.807) is 11.3 Å². The van der Waals surface area contributed by atoms with Crippen molar-refractivity contribution in [2.45, 2.75) is 38.7 Å². The van der Waals surface area contributed by atoms with Crippen molar-refractivity contribution in [1.29, 1.82) is 0 Å². The Morgan fingerprint density at radius 3 is 2.80 bits per heavy atom. The first-order valence-corrected chi connectivity index (χ1v) is 6.46. The molecule has 15 heavy (non-hydrogen) atoms. The van der Waals surface area contributed by atoms with Crippen molar-refractivity contribution in [3.05, 3.63) is 11.1 Å². The fraction of sp³-hybridized carbons (Fsp3) is 0.727. The second kappa shape index (κ2) is 4.94. The number of aryl methyl sites for hydroxylation is 1. The van der Waals surface area contributed by atoms with Gasteiger partial charge in [-0.3, -0.25) is 0 Å². The number of thiazole rings is 1. The van der Waals surface area contributed by atoms with Crippen LogP contribution in [0, 0.1) is 12.8 Å². The van der Waals surface area contributed by atoms with Crippen molar-refractivity contribution in [3.8, 4) is 0 Å². The van der Waals surface area contributed by atoms with Crippen molar-refractivity contribution in [2.75, 3.05) is 11.9 Å². The van der Waals surface area contributed by atoms with Gasteiger partial charge in [-0.2, -0.15) is 0 Å². The van der Waals surface area contributed by atoms with Gasteiger partial charge in [0, 0.05) is 11.9 Å². The normalized spacial score (nSPS) is 26.5. The molecule has 0 atom stereocenters. The number of nitrogens with zero attached hydrogens (tertiary/aromatic N) is 1. The minimum Gasteiger partial charge on any atom is -0.393 e. The molecule has 0 spiro atoms. The Labute approximate surface area is 94.5 Å². The summed E-state index contributed by atoms with van der Waals surface area (Å²) in [5, 5.41) is 15.8. The van der Waals surface area contributed by atoms with E-state index in [9.17, 15) is 5.11 Å². The molecule has 3 nitrogen and oxygen atoms in total. The monoisotopic (exact) mass is 226 g/mol. The first kappa shape index (κ1) is 10.9. The maximum absolute atomic E-state index is 9.38. The van der Waals surface area contributed by atoms with E-state index in [1.807, 2.05) is 6.92 Å². The van der Waals surface area contributed by atoms with E-state index in [0.717, 1.165) is 43.1 Å². The second-order valence-electron chi connectivity index (χ2n) is 4.35. The molecule has 1 aromatic heterocycles. The molecule has 1 fully saturated rings. The zero-order chi connectivity index (χ0) is 10.7. The van der Waals surface area contributed by atoms with E-state index < -0.39 is 0 Å². The van der Waals surface area contributed by atoms with E-state index in [1.165, 1.54) is 0 Å². The van der Waals surface area contributed by atoms with E-state index in [2.05, 4.69) is 15.7 Å². The summed E-state index contributed by atoms with van der Waals surface area (Å²) in [5.41, 5.74) is 1.08. The predicted molar refractivity (Wildman–Crippen MR) is 63.3 cm³/mol. The fourth-order valence-electron chi connectivity index (χ4n) is 2.02. The summed E-state index contributed by atoms with van der Waals surface area (Å²) in [6.07, 6.45) is 4.15. The number of anilines is 1. The van der Waals surface area contributed by atoms with Crippen molar-refractivity contribution in [3.63, 3.8) is 0 Å². The molecule has 1 aliphatic carbocycles. The lowest BCUT2D eigenvalue weighted by Gasteiger charge is -2.25. The maximum Gasteiger partial charge on any atom is 0.182 e. The minimum atomic E-state index is -0.0524. The van der Waals surface area contributed by atoms with Crippen molar-refractivity contribution < 1.29 is 5.11 Å². The molecular formula is C11H18N2OS. The summed E-state index contributed by atoms with van der Waals surface area (Å²) < 4.78 is 0. The molecule has 1 aromatic rings. The number of hydrogen-bond acceptors (Lipinski definition) is 4. The number of rotatable bonds is 3. The van der Waals surface area contributed by atoms with E-state index in [0.29, 0.717) is 5.92 Å². The lowest BCUT2D eigenvalue weighted by atomic mass is 9.87. The summed E-state index contributed by atoms with van der Waals surface area (Å²) in [6.45, 7) is 3.01. The van der Waals surface area contributed by atoms with Crippen molar-refractivity contribution in [1.82, 2.24) is 4.98 Å². The summed E-state index contributed by atoms with van der Waals surface area (Å²) in [4.78, 5) is 4.37. The number of nitrogens with one attached hydrogen (secondary N) is 1. The van der Waals surface area contributed by atoms with Gasteiger partial charge in [-0.25, -0.2) is 4.98 Å². The maximum atomic E-state index is 9.38. The summed E-state index contributed by atoms with van der Waals surface area (Å²) in [7, 11) is 0. The number of aliphatic hydroxyl groups is 1. The molecule has 1 aliphatic rings. The van der Waals surface area contributed by atoms with E-state index >= 15 is 0 Å². The average molecular weight is 226 g/mol. The SMILES string of the molecule is Cc1csc(NCC2CCC(O)CC2)n1. The van der Waals surface area contributed by atoms with Crippen LogP contribution in [0.1, 0.15) is 31.4 Å². The van der Waals surface area contributed by atoms with Crippen LogP contribution in [0.3, 0.4) is 0 Å². The van der Waals surface area contributed by atoms with Gasteiger partial charge in [0.1, 0.15) is 0 Å². The Bertz CT molecular complexity index is 305. The standard InChI is InChI=1S/C11H18N2OS/c1-8-7-15-11(13-8)12-6-9-2-4-10(14)5-3-9/h7,9-10,14H,2-6H2,1H3,(H,12,13). The number of hydrogen-bond donors (Lipinski definition) is 2. The molecule has 0 amide bonds. The third kappa shape index (κ3) is 3.18. The van der Waals surface area contributed by atoms with Crippen LogP contribution in [0.4, 0.5) is 5.13 Å². The average Bonchev–Trinajstić information content (AvgIpc) is 2.64. The Morgan fingerprint density at radius 2 is 2.20 bits per heavy atom. The molecule has 0 aromatic carbocycles. The van der Waals surface area contributed by atoms with Crippen LogP contribution in [-0.2, 0) is 0 Å². The Balaban J connectivity index is 1.74. The smallest absolute Gasteiger partial charge is 0.182 e. The lowest BCUT2D eigenvalue weighted by Crippen LogP contribution is -2.23. The van der Waals surface area contributed by atoms with Crippen LogP contribution in [0.5, 0.6) is 0 Å². The molecule has 0 aliphatic heterocycles. The highest BCUT2D eigenvalue weighted by Crippen LogP contribution is 2.25. The van der Waals surface area contributed by atoms with Crippen molar-refractivity contribution >= 4 is 16.5 Å². The molecule has 0 bridgehead atoms. The van der Waals surface area contributed by atoms with Gasteiger partial charge < -0.3 is 10.4 Å². The predicted octanol–water partition coefficient (Wildman–Crippen LogP) is 2.41. The second-order valence-corrected chi connectivity index (χ2v) is 5.21. The van der Waals surface area contributed by atoms with Gasteiger partial charge >= 0.3 is 0 Å². The first-order valence-electron chi connectivity index (χ1n) is 5.58. The van der Waals surface area contributed by atoms with Gasteiger partial charge in [0.15, 0.2) is 5.13 Å². The fourth-order valence-corrected chi connectivity index (χ4v) is 2.71. The highest BCUT2D eigenvalue weighted by atomic mass is 32.1. The molecule has 1 heterocycles. The van der Waals surface area contributed by atoms with Crippen LogP contribution in [0.25, 0.3) is 0 Å². The number of aromatic nitrogens is 1. The lowest BCUT2D eigenvalue weighted by molar-refractivity contribution is 0.111. The van der Waals surface area contributed by atoms with Gasteiger partial charge in [0.2, 0.25) is 0 Å². The molecular weight excluding hydrogens is 208 g/mol. The molecule has 0 radical (unpaired) electrons. The highest BCUT2D eigenvalue weighted by molar-refractivity contribution is 7.13. The van der Waals surface area contributed by atoms with Crippen LogP contribution in [0.15, 0.2) is 5.38 Å². The molecule has 4 heteroatoms. The molecule has 84 valence electrons. The first-order chi connectivity index (χ1) is 7.24.